The fourth-order valence-electron chi connectivity index (χ4n) is 2.21. The molecule has 0 atom stereocenters. The summed E-state index contributed by atoms with van der Waals surface area (Å²) in [6.45, 7) is 7.92. The molecule has 3 rings (SSSR count). The molecular formula is C19H21N3O3S2. The van der Waals surface area contributed by atoms with Crippen LogP contribution in [0.5, 0.6) is 0 Å². The van der Waals surface area contributed by atoms with Gasteiger partial charge in [-0.15, -0.1) is 11.3 Å². The molecule has 0 aliphatic carbocycles. The summed E-state index contributed by atoms with van der Waals surface area (Å²) in [5, 5.41) is 3.33. The molecule has 142 valence electrons. The van der Waals surface area contributed by atoms with Crippen molar-refractivity contribution in [2.45, 2.75) is 39.5 Å². The Labute approximate surface area is 165 Å². The van der Waals surface area contributed by atoms with Gasteiger partial charge in [0.15, 0.2) is 17.0 Å². The molecule has 1 N–H and O–H groups in total. The molecule has 0 radical (unpaired) electrons. The van der Waals surface area contributed by atoms with Crippen molar-refractivity contribution in [1.29, 1.82) is 0 Å². The number of Topliss-reactive ketones (excluding diaryl/α,β-unsaturated/α-hetero) is 1. The summed E-state index contributed by atoms with van der Waals surface area (Å²) in [4.78, 5) is 34.6. The van der Waals surface area contributed by atoms with Crippen molar-refractivity contribution in [3.05, 3.63) is 39.7 Å². The average molecular weight is 404 g/mol. The van der Waals surface area contributed by atoms with Crippen LogP contribution >= 0.6 is 23.1 Å². The molecule has 0 spiro atoms. The number of fused-ring (bicyclic) bond motifs is 1. The van der Waals surface area contributed by atoms with Gasteiger partial charge in [0.05, 0.1) is 17.2 Å². The summed E-state index contributed by atoms with van der Waals surface area (Å²) in [5.74, 6) is 0.226. The van der Waals surface area contributed by atoms with E-state index in [0.29, 0.717) is 27.9 Å². The minimum Gasteiger partial charge on any atom is -0.430 e. The zero-order valence-corrected chi connectivity index (χ0v) is 17.3. The lowest BCUT2D eigenvalue weighted by molar-refractivity contribution is -0.128. The van der Waals surface area contributed by atoms with E-state index in [1.807, 2.05) is 45.9 Å². The van der Waals surface area contributed by atoms with Crippen molar-refractivity contribution in [2.75, 3.05) is 5.75 Å². The highest BCUT2D eigenvalue weighted by molar-refractivity contribution is 7.99. The maximum Gasteiger partial charge on any atom is 0.258 e. The number of hydrogen-bond acceptors (Lipinski definition) is 7. The third-order valence-electron chi connectivity index (χ3n) is 3.74. The van der Waals surface area contributed by atoms with Crippen molar-refractivity contribution in [3.63, 3.8) is 0 Å². The largest absolute Gasteiger partial charge is 0.430 e. The van der Waals surface area contributed by atoms with Crippen LogP contribution in [0.4, 0.5) is 0 Å². The van der Waals surface area contributed by atoms with E-state index in [9.17, 15) is 9.59 Å². The number of amides is 1. The number of carbonyl (C=O) groups is 2. The summed E-state index contributed by atoms with van der Waals surface area (Å²) >= 11 is 2.65. The number of carbonyl (C=O) groups excluding carboxylic acids is 2. The smallest absolute Gasteiger partial charge is 0.258 e. The van der Waals surface area contributed by atoms with E-state index >= 15 is 0 Å². The highest BCUT2D eigenvalue weighted by Gasteiger charge is 2.21. The van der Waals surface area contributed by atoms with Gasteiger partial charge in [-0.1, -0.05) is 32.5 Å². The molecule has 0 fully saturated rings. The summed E-state index contributed by atoms with van der Waals surface area (Å²) in [6.07, 6.45) is 0. The molecule has 3 aromatic rings. The minimum atomic E-state index is -0.431. The Balaban J connectivity index is 1.56. The zero-order valence-electron chi connectivity index (χ0n) is 15.7. The number of pyridine rings is 1. The van der Waals surface area contributed by atoms with E-state index in [1.54, 1.807) is 6.07 Å². The zero-order chi connectivity index (χ0) is 19.6. The first-order valence-electron chi connectivity index (χ1n) is 8.49. The molecule has 0 bridgehead atoms. The molecule has 27 heavy (non-hydrogen) atoms. The SMILES string of the molecule is Cc1ccc2oc(SCC(=O)c3ccc(CNC(=O)C(C)(C)C)s3)nc2n1. The van der Waals surface area contributed by atoms with Gasteiger partial charge in [0.1, 0.15) is 0 Å². The van der Waals surface area contributed by atoms with Crippen LogP contribution in [-0.2, 0) is 11.3 Å². The van der Waals surface area contributed by atoms with Crippen molar-refractivity contribution < 1.29 is 14.0 Å². The number of oxazole rings is 1. The van der Waals surface area contributed by atoms with Crippen LogP contribution in [0, 0.1) is 12.3 Å². The minimum absolute atomic E-state index is 0.00444. The fraction of sp³-hybridized carbons (Fsp3) is 0.368. The van der Waals surface area contributed by atoms with Gasteiger partial charge in [-0.25, -0.2) is 4.98 Å². The van der Waals surface area contributed by atoms with Crippen molar-refractivity contribution >= 4 is 46.0 Å². The number of aryl methyl sites for hydroxylation is 1. The van der Waals surface area contributed by atoms with E-state index < -0.39 is 5.41 Å². The Kier molecular flexibility index (Phi) is 5.67. The monoisotopic (exact) mass is 403 g/mol. The van der Waals surface area contributed by atoms with Crippen LogP contribution in [0.15, 0.2) is 33.9 Å². The molecule has 0 aliphatic rings. The molecule has 0 aliphatic heterocycles. The Morgan fingerprint density at radius 1 is 1.19 bits per heavy atom. The summed E-state index contributed by atoms with van der Waals surface area (Å²) < 4.78 is 5.60. The standard InChI is InChI=1S/C19H21N3O3S2/c1-11-5-7-14-16(21-11)22-18(25-14)26-10-13(23)15-8-6-12(27-15)9-20-17(24)19(2,3)4/h5-8H,9-10H2,1-4H3,(H,20,24). The molecule has 3 aromatic heterocycles. The quantitative estimate of drug-likeness (QED) is 0.490. The first-order valence-corrected chi connectivity index (χ1v) is 10.3. The molecule has 8 heteroatoms. The topological polar surface area (TPSA) is 85.1 Å². The number of thiophene rings is 1. The fourth-order valence-corrected chi connectivity index (χ4v) is 3.89. The predicted octanol–water partition coefficient (Wildman–Crippen LogP) is 4.23. The van der Waals surface area contributed by atoms with Gasteiger partial charge >= 0.3 is 0 Å². The number of rotatable bonds is 6. The summed E-state index contributed by atoms with van der Waals surface area (Å²) in [5.41, 5.74) is 1.61. The number of aromatic nitrogens is 2. The van der Waals surface area contributed by atoms with Gasteiger partial charge in [0, 0.05) is 16.0 Å². The second kappa shape index (κ2) is 7.82. The molecule has 1 amide bonds. The lowest BCUT2D eigenvalue weighted by Gasteiger charge is -2.17. The number of hydrogen-bond donors (Lipinski definition) is 1. The molecule has 3 heterocycles. The van der Waals surface area contributed by atoms with E-state index in [1.165, 1.54) is 23.1 Å². The van der Waals surface area contributed by atoms with Gasteiger partial charge in [0.25, 0.3) is 5.22 Å². The van der Waals surface area contributed by atoms with Crippen LogP contribution in [-0.4, -0.2) is 27.4 Å². The highest BCUT2D eigenvalue weighted by atomic mass is 32.2. The van der Waals surface area contributed by atoms with Gasteiger partial charge < -0.3 is 9.73 Å². The van der Waals surface area contributed by atoms with Crippen LogP contribution < -0.4 is 5.32 Å². The first-order chi connectivity index (χ1) is 12.7. The molecule has 0 saturated heterocycles. The molecule has 0 unspecified atom stereocenters. The third kappa shape index (κ3) is 4.95. The van der Waals surface area contributed by atoms with Crippen LogP contribution in [0.3, 0.4) is 0 Å². The lowest BCUT2D eigenvalue weighted by Crippen LogP contribution is -2.34. The number of ketones is 1. The summed E-state index contributed by atoms with van der Waals surface area (Å²) in [6, 6.07) is 7.35. The van der Waals surface area contributed by atoms with Gasteiger partial charge in [0.2, 0.25) is 5.91 Å². The highest BCUT2D eigenvalue weighted by Crippen LogP contribution is 2.25. The normalized spacial score (nSPS) is 11.7. The second-order valence-corrected chi connectivity index (χ2v) is 9.26. The second-order valence-electron chi connectivity index (χ2n) is 7.16. The van der Waals surface area contributed by atoms with Gasteiger partial charge in [-0.3, -0.25) is 9.59 Å². The van der Waals surface area contributed by atoms with Crippen LogP contribution in [0.25, 0.3) is 11.2 Å². The first kappa shape index (κ1) is 19.6. The third-order valence-corrected chi connectivity index (χ3v) is 5.69. The Bertz CT molecular complexity index is 986. The maximum absolute atomic E-state index is 12.4. The number of thioether (sulfide) groups is 1. The number of nitrogens with one attached hydrogen (secondary N) is 1. The summed E-state index contributed by atoms with van der Waals surface area (Å²) in [7, 11) is 0. The molecule has 6 nitrogen and oxygen atoms in total. The number of nitrogens with zero attached hydrogens (tertiary/aromatic N) is 2. The lowest BCUT2D eigenvalue weighted by atomic mass is 9.96. The van der Waals surface area contributed by atoms with Crippen molar-refractivity contribution in [2.24, 2.45) is 5.41 Å². The molecule has 0 saturated carbocycles. The Hall–Kier alpha value is -2.19. The average Bonchev–Trinajstić information content (AvgIpc) is 3.22. The van der Waals surface area contributed by atoms with Gasteiger partial charge in [-0.05, 0) is 31.2 Å². The Morgan fingerprint density at radius 2 is 1.96 bits per heavy atom. The van der Waals surface area contributed by atoms with Crippen LogP contribution in [0.2, 0.25) is 0 Å². The van der Waals surface area contributed by atoms with E-state index in [4.69, 9.17) is 4.42 Å². The molecular weight excluding hydrogens is 382 g/mol. The Morgan fingerprint density at radius 3 is 2.70 bits per heavy atom. The maximum atomic E-state index is 12.4. The van der Waals surface area contributed by atoms with E-state index in [2.05, 4.69) is 15.3 Å². The predicted molar refractivity (Wildman–Crippen MR) is 107 cm³/mol. The van der Waals surface area contributed by atoms with E-state index in [0.717, 1.165) is 10.6 Å². The van der Waals surface area contributed by atoms with Crippen molar-refractivity contribution in [1.82, 2.24) is 15.3 Å². The molecule has 0 aromatic carbocycles. The van der Waals surface area contributed by atoms with Crippen LogP contribution in [0.1, 0.15) is 41.0 Å². The van der Waals surface area contributed by atoms with Crippen molar-refractivity contribution in [3.8, 4) is 0 Å². The van der Waals surface area contributed by atoms with E-state index in [-0.39, 0.29) is 17.4 Å². The van der Waals surface area contributed by atoms with Gasteiger partial charge in [-0.2, -0.15) is 4.98 Å².